The van der Waals surface area contributed by atoms with Crippen LogP contribution in [-0.2, 0) is 24.1 Å². The predicted molar refractivity (Wildman–Crippen MR) is 129 cm³/mol. The molecular weight excluding hydrogens is 471 g/mol. The first-order chi connectivity index (χ1) is 15.4. The Hall–Kier alpha value is -2.49. The van der Waals surface area contributed by atoms with Gasteiger partial charge in [0.05, 0.1) is 31.1 Å². The summed E-state index contributed by atoms with van der Waals surface area (Å²) in [6.07, 6.45) is 6.13. The summed E-state index contributed by atoms with van der Waals surface area (Å²) in [5.74, 6) is -0.165. The molecule has 0 amide bonds. The Kier molecular flexibility index (Phi) is 6.78. The Labute approximate surface area is 199 Å². The molecule has 2 aromatic heterocycles. The highest BCUT2D eigenvalue weighted by Gasteiger charge is 2.28. The first kappa shape index (κ1) is 22.7. The molecule has 1 unspecified atom stereocenters. The molecule has 3 aromatic rings. The summed E-state index contributed by atoms with van der Waals surface area (Å²) in [4.78, 5) is 13.6. The van der Waals surface area contributed by atoms with Crippen molar-refractivity contribution in [2.24, 2.45) is 5.92 Å². The number of nitrogens with zero attached hydrogens (tertiary/aromatic N) is 2. The lowest BCUT2D eigenvalue weighted by Crippen LogP contribution is -2.20. The molecular formula is C22H22ClFN4O2S2. The molecule has 0 saturated carbocycles. The maximum absolute atomic E-state index is 14.0. The van der Waals surface area contributed by atoms with Gasteiger partial charge < -0.3 is 15.4 Å². The van der Waals surface area contributed by atoms with Crippen molar-refractivity contribution < 1.29 is 13.9 Å². The number of aromatic nitrogens is 2. The fourth-order valence-corrected chi connectivity index (χ4v) is 5.69. The summed E-state index contributed by atoms with van der Waals surface area (Å²) in [5.41, 5.74) is 2.61. The number of hydrogen-bond acceptors (Lipinski definition) is 5. The van der Waals surface area contributed by atoms with E-state index in [0.717, 1.165) is 24.8 Å². The van der Waals surface area contributed by atoms with E-state index < -0.39 is 0 Å². The molecule has 1 aliphatic carbocycles. The van der Waals surface area contributed by atoms with Gasteiger partial charge in [-0.2, -0.15) is 5.10 Å². The molecule has 0 saturated heterocycles. The van der Waals surface area contributed by atoms with E-state index in [4.69, 9.17) is 28.6 Å². The second-order valence-electron chi connectivity index (χ2n) is 7.75. The first-order valence-electron chi connectivity index (χ1n) is 10.1. The van der Waals surface area contributed by atoms with E-state index in [-0.39, 0.29) is 18.3 Å². The van der Waals surface area contributed by atoms with Crippen LogP contribution < -0.4 is 10.6 Å². The highest BCUT2D eigenvalue weighted by atomic mass is 35.5. The summed E-state index contributed by atoms with van der Waals surface area (Å²) < 4.78 is 20.6. The van der Waals surface area contributed by atoms with E-state index >= 15 is 0 Å². The number of fused-ring (bicyclic) bond motifs is 1. The predicted octanol–water partition coefficient (Wildman–Crippen LogP) is 5.51. The van der Waals surface area contributed by atoms with Crippen molar-refractivity contribution >= 4 is 56.9 Å². The van der Waals surface area contributed by atoms with Gasteiger partial charge in [-0.05, 0) is 55.1 Å². The molecule has 2 N–H and O–H groups in total. The molecule has 1 atom stereocenters. The zero-order chi connectivity index (χ0) is 22.8. The normalized spacial score (nSPS) is 15.2. The summed E-state index contributed by atoms with van der Waals surface area (Å²) in [6, 6.07) is 4.57. The molecule has 1 aliphatic rings. The lowest BCUT2D eigenvalue weighted by Gasteiger charge is -2.18. The van der Waals surface area contributed by atoms with Gasteiger partial charge in [-0.1, -0.05) is 24.6 Å². The molecule has 6 nitrogen and oxygen atoms in total. The minimum atomic E-state index is -0.383. The monoisotopic (exact) mass is 492 g/mol. The number of halogens is 2. The number of nitrogens with one attached hydrogen (secondary N) is 2. The van der Waals surface area contributed by atoms with Crippen LogP contribution in [0.3, 0.4) is 0 Å². The van der Waals surface area contributed by atoms with Crippen LogP contribution in [-0.4, -0.2) is 28.0 Å². The Morgan fingerprint density at radius 3 is 3.00 bits per heavy atom. The zero-order valence-electron chi connectivity index (χ0n) is 17.6. The van der Waals surface area contributed by atoms with Crippen molar-refractivity contribution in [1.29, 1.82) is 0 Å². The molecule has 0 spiro atoms. The van der Waals surface area contributed by atoms with Gasteiger partial charge in [0.15, 0.2) is 5.11 Å². The Morgan fingerprint density at radius 1 is 1.44 bits per heavy atom. The number of hydrogen-bond donors (Lipinski definition) is 2. The zero-order valence-corrected chi connectivity index (χ0v) is 20.0. The van der Waals surface area contributed by atoms with Crippen molar-refractivity contribution in [2.45, 2.75) is 32.7 Å². The smallest absolute Gasteiger partial charge is 0.341 e. The van der Waals surface area contributed by atoms with E-state index in [1.54, 1.807) is 40.5 Å². The van der Waals surface area contributed by atoms with Gasteiger partial charge in [0.25, 0.3) is 0 Å². The molecule has 1 aromatic carbocycles. The van der Waals surface area contributed by atoms with E-state index in [9.17, 15) is 9.18 Å². The number of carbonyl (C=O) groups excluding carboxylic acids is 1. The van der Waals surface area contributed by atoms with Gasteiger partial charge in [-0.15, -0.1) is 11.3 Å². The number of anilines is 2. The first-order valence-corrected chi connectivity index (χ1v) is 11.7. The largest absolute Gasteiger partial charge is 0.465 e. The van der Waals surface area contributed by atoms with Crippen LogP contribution in [0.25, 0.3) is 0 Å². The average molecular weight is 493 g/mol. The van der Waals surface area contributed by atoms with Crippen molar-refractivity contribution in [1.82, 2.24) is 9.78 Å². The summed E-state index contributed by atoms with van der Waals surface area (Å²) in [7, 11) is 1.38. The third kappa shape index (κ3) is 4.79. The maximum Gasteiger partial charge on any atom is 0.341 e. The number of methoxy groups -OCH3 is 1. The highest BCUT2D eigenvalue weighted by Crippen LogP contribution is 2.40. The van der Waals surface area contributed by atoms with Crippen LogP contribution in [0.5, 0.6) is 0 Å². The molecule has 0 radical (unpaired) electrons. The molecule has 2 heterocycles. The van der Waals surface area contributed by atoms with Gasteiger partial charge >= 0.3 is 5.97 Å². The third-order valence-electron chi connectivity index (χ3n) is 5.40. The third-order valence-corrected chi connectivity index (χ3v) is 7.13. The number of ether oxygens (including phenoxy) is 1. The summed E-state index contributed by atoms with van der Waals surface area (Å²) >= 11 is 13.1. The van der Waals surface area contributed by atoms with Crippen LogP contribution in [0, 0.1) is 11.7 Å². The topological polar surface area (TPSA) is 68.2 Å². The van der Waals surface area contributed by atoms with E-state index in [1.807, 2.05) is 0 Å². The molecule has 0 bridgehead atoms. The van der Waals surface area contributed by atoms with Crippen molar-refractivity contribution in [3.63, 3.8) is 0 Å². The van der Waals surface area contributed by atoms with Gasteiger partial charge in [-0.3, -0.25) is 4.68 Å². The number of rotatable bonds is 5. The fourth-order valence-electron chi connectivity index (χ4n) is 3.78. The minimum absolute atomic E-state index is 0.190. The van der Waals surface area contributed by atoms with Crippen LogP contribution in [0.15, 0.2) is 30.6 Å². The molecule has 0 fully saturated rings. The second-order valence-corrected chi connectivity index (χ2v) is 9.67. The molecule has 0 aliphatic heterocycles. The molecule has 32 heavy (non-hydrogen) atoms. The van der Waals surface area contributed by atoms with Crippen molar-refractivity contribution in [3.05, 3.63) is 63.0 Å². The number of thiophene rings is 1. The number of esters is 1. The lowest BCUT2D eigenvalue weighted by atomic mass is 9.88. The molecule has 4 rings (SSSR count). The van der Waals surface area contributed by atoms with Crippen LogP contribution in [0.2, 0.25) is 5.02 Å². The molecule has 168 valence electrons. The average Bonchev–Trinajstić information content (AvgIpc) is 3.33. The van der Waals surface area contributed by atoms with Gasteiger partial charge in [0.2, 0.25) is 0 Å². The van der Waals surface area contributed by atoms with Crippen molar-refractivity contribution in [3.8, 4) is 0 Å². The van der Waals surface area contributed by atoms with E-state index in [1.165, 1.54) is 18.1 Å². The van der Waals surface area contributed by atoms with Crippen LogP contribution in [0.4, 0.5) is 15.1 Å². The van der Waals surface area contributed by atoms with Crippen molar-refractivity contribution in [2.75, 3.05) is 17.7 Å². The lowest BCUT2D eigenvalue weighted by molar-refractivity contribution is 0.0601. The number of carbonyl (C=O) groups is 1. The van der Waals surface area contributed by atoms with Crippen LogP contribution in [0.1, 0.15) is 39.7 Å². The van der Waals surface area contributed by atoms with E-state index in [0.29, 0.717) is 37.9 Å². The summed E-state index contributed by atoms with van der Waals surface area (Å²) in [6.45, 7) is 2.40. The SMILES string of the molecule is COC(=O)c1c(NC(=S)Nc2cnn(Cc3c(F)cccc3Cl)c2)sc2c1CCC(C)C2. The quantitative estimate of drug-likeness (QED) is 0.362. The standard InChI is InChI=1S/C22H22ClFN4O2S2/c1-12-6-7-14-18(8-12)32-20(19(14)21(29)30-2)27-22(31)26-13-9-25-28(10-13)11-15-16(23)4-3-5-17(15)24/h3-5,9-10,12H,6-8,11H2,1-2H3,(H2,26,27,31). The Balaban J connectivity index is 1.47. The van der Waals surface area contributed by atoms with Gasteiger partial charge in [-0.25, -0.2) is 9.18 Å². The molecule has 10 heteroatoms. The van der Waals surface area contributed by atoms with Gasteiger partial charge in [0.1, 0.15) is 10.8 Å². The van der Waals surface area contributed by atoms with E-state index in [2.05, 4.69) is 22.7 Å². The number of benzene rings is 1. The Morgan fingerprint density at radius 2 is 2.25 bits per heavy atom. The highest BCUT2D eigenvalue weighted by molar-refractivity contribution is 7.80. The minimum Gasteiger partial charge on any atom is -0.465 e. The Bertz CT molecular complexity index is 1160. The second kappa shape index (κ2) is 9.56. The number of thiocarbonyl (C=S) groups is 1. The van der Waals surface area contributed by atoms with Crippen LogP contribution >= 0.6 is 35.2 Å². The maximum atomic E-state index is 14.0. The summed E-state index contributed by atoms with van der Waals surface area (Å²) in [5, 5.41) is 11.8. The fraction of sp³-hybridized carbons (Fsp3) is 0.318. The van der Waals surface area contributed by atoms with Gasteiger partial charge in [0, 0.05) is 21.7 Å².